The summed E-state index contributed by atoms with van der Waals surface area (Å²) in [4.78, 5) is 13.3. The number of nitrogens with one attached hydrogen (secondary N) is 3. The number of hydrogen-bond acceptors (Lipinski definition) is 5. The largest absolute Gasteiger partial charge is 0.494 e. The Morgan fingerprint density at radius 1 is 1.31 bits per heavy atom. The molecule has 0 bridgehead atoms. The number of allylic oxidation sites excluding steroid dienone is 2. The Labute approximate surface area is 175 Å². The maximum atomic E-state index is 13.8. The van der Waals surface area contributed by atoms with Crippen LogP contribution in [-0.2, 0) is 11.3 Å². The molecule has 1 aromatic carbocycles. The second-order valence-electron chi connectivity index (χ2n) is 6.72. The third-order valence-corrected chi connectivity index (χ3v) is 5.76. The number of benzene rings is 1. The van der Waals surface area contributed by atoms with E-state index in [2.05, 4.69) is 5.32 Å². The molecule has 0 radical (unpaired) electrons. The van der Waals surface area contributed by atoms with Gasteiger partial charge in [-0.3, -0.25) is 10.2 Å². The van der Waals surface area contributed by atoms with Crippen molar-refractivity contribution in [1.29, 1.82) is 10.8 Å². The summed E-state index contributed by atoms with van der Waals surface area (Å²) in [6, 6.07) is 4.58. The van der Waals surface area contributed by atoms with Crippen LogP contribution in [0.25, 0.3) is 0 Å². The monoisotopic (exact) mass is 417 g/mol. The van der Waals surface area contributed by atoms with Gasteiger partial charge in [-0.1, -0.05) is 31.7 Å². The van der Waals surface area contributed by atoms with Gasteiger partial charge in [-0.25, -0.2) is 4.39 Å². The standard InChI is InChI=1S/C20H22FN3O2S.C2H6/c1-10(11(2)22)16-17(13-5-6-13)18(27-19(16)23)20(25)24-9-12-4-7-15(26-3)14(21)8-12;1-2/h4,7-8,13,22-23H,5-6,9H2,1-3H3,(H,24,25);1-2H3/b16-10-,22-11?,23-19?;. The number of carbonyl (C=O) groups excluding carboxylic acids is 1. The molecule has 3 rings (SSSR count). The zero-order chi connectivity index (χ0) is 21.7. The third kappa shape index (κ3) is 5.15. The average Bonchev–Trinajstić information content (AvgIpc) is 3.49. The minimum atomic E-state index is -0.471. The first-order valence-corrected chi connectivity index (χ1v) is 10.5. The quantitative estimate of drug-likeness (QED) is 0.555. The minimum Gasteiger partial charge on any atom is -0.494 e. The number of carbonyl (C=O) groups is 1. The molecule has 0 aromatic heterocycles. The summed E-state index contributed by atoms with van der Waals surface area (Å²) >= 11 is 1.15. The molecule has 156 valence electrons. The number of amides is 1. The Hall–Kier alpha value is -2.41. The number of halogens is 1. The summed E-state index contributed by atoms with van der Waals surface area (Å²) in [6.45, 7) is 7.72. The van der Waals surface area contributed by atoms with Crippen molar-refractivity contribution in [2.75, 3.05) is 7.11 Å². The molecule has 1 fully saturated rings. The van der Waals surface area contributed by atoms with E-state index in [9.17, 15) is 9.18 Å². The third-order valence-electron chi connectivity index (χ3n) is 4.74. The van der Waals surface area contributed by atoms with Crippen LogP contribution in [0.3, 0.4) is 0 Å². The number of rotatable bonds is 6. The Bertz CT molecular complexity index is 901. The van der Waals surface area contributed by atoms with Gasteiger partial charge in [-0.15, -0.1) is 0 Å². The topological polar surface area (TPSA) is 86.0 Å². The molecule has 0 atom stereocenters. The van der Waals surface area contributed by atoms with Crippen LogP contribution in [0.1, 0.15) is 46.1 Å². The highest BCUT2D eigenvalue weighted by Gasteiger charge is 2.40. The molecule has 0 unspecified atom stereocenters. The minimum absolute atomic E-state index is 0.163. The number of ether oxygens (including phenoxy) is 1. The maximum Gasteiger partial charge on any atom is 0.258 e. The van der Waals surface area contributed by atoms with E-state index in [0.29, 0.717) is 21.2 Å². The normalized spacial score (nSPS) is 17.5. The van der Waals surface area contributed by atoms with E-state index in [1.54, 1.807) is 13.0 Å². The van der Waals surface area contributed by atoms with Crippen molar-refractivity contribution in [3.05, 3.63) is 51.2 Å². The molecular weight excluding hydrogens is 389 g/mol. The van der Waals surface area contributed by atoms with E-state index >= 15 is 0 Å². The molecule has 1 saturated carbocycles. The van der Waals surface area contributed by atoms with Gasteiger partial charge in [-0.2, -0.15) is 0 Å². The Kier molecular flexibility index (Phi) is 7.79. The lowest BCUT2D eigenvalue weighted by Crippen LogP contribution is -2.24. The van der Waals surface area contributed by atoms with Gasteiger partial charge in [0.2, 0.25) is 0 Å². The van der Waals surface area contributed by atoms with Gasteiger partial charge in [0.15, 0.2) is 11.6 Å². The van der Waals surface area contributed by atoms with Crippen LogP contribution < -0.4 is 10.1 Å². The molecule has 1 aliphatic carbocycles. The molecular formula is C22H28FN3O2S. The maximum absolute atomic E-state index is 13.8. The van der Waals surface area contributed by atoms with Crippen molar-refractivity contribution in [2.24, 2.45) is 5.92 Å². The van der Waals surface area contributed by atoms with E-state index in [1.807, 2.05) is 20.8 Å². The second-order valence-corrected chi connectivity index (χ2v) is 7.75. The van der Waals surface area contributed by atoms with Gasteiger partial charge in [0.05, 0.1) is 17.1 Å². The predicted molar refractivity (Wildman–Crippen MR) is 117 cm³/mol. The van der Waals surface area contributed by atoms with E-state index in [4.69, 9.17) is 15.6 Å². The van der Waals surface area contributed by atoms with Crippen molar-refractivity contribution in [3.63, 3.8) is 0 Å². The van der Waals surface area contributed by atoms with Gasteiger partial charge in [0.1, 0.15) is 0 Å². The smallest absolute Gasteiger partial charge is 0.258 e. The fraction of sp³-hybridized carbons (Fsp3) is 0.409. The predicted octanol–water partition coefficient (Wildman–Crippen LogP) is 5.22. The molecule has 1 heterocycles. The Morgan fingerprint density at radius 3 is 2.48 bits per heavy atom. The van der Waals surface area contributed by atoms with Gasteiger partial charge < -0.3 is 15.5 Å². The SMILES string of the molecule is CC.COc1ccc(CNC(=O)C2=C(C3CC3)/C(=C(\C)C(C)=N)C(=N)S2)cc1F. The highest BCUT2D eigenvalue weighted by Crippen LogP contribution is 2.50. The van der Waals surface area contributed by atoms with E-state index in [0.717, 1.165) is 41.3 Å². The summed E-state index contributed by atoms with van der Waals surface area (Å²) in [5.41, 5.74) is 3.41. The highest BCUT2D eigenvalue weighted by atomic mass is 32.2. The van der Waals surface area contributed by atoms with Crippen molar-refractivity contribution in [1.82, 2.24) is 5.32 Å². The van der Waals surface area contributed by atoms with Crippen LogP contribution >= 0.6 is 11.8 Å². The number of methoxy groups -OCH3 is 1. The van der Waals surface area contributed by atoms with Crippen LogP contribution in [0.5, 0.6) is 5.75 Å². The summed E-state index contributed by atoms with van der Waals surface area (Å²) in [5, 5.41) is 19.3. The van der Waals surface area contributed by atoms with Crippen LogP contribution in [0.15, 0.2) is 39.8 Å². The molecule has 3 N–H and O–H groups in total. The Balaban J connectivity index is 0.00000145. The highest BCUT2D eigenvalue weighted by molar-refractivity contribution is 8.18. The van der Waals surface area contributed by atoms with Crippen LogP contribution in [0.2, 0.25) is 0 Å². The van der Waals surface area contributed by atoms with Crippen LogP contribution in [0.4, 0.5) is 4.39 Å². The van der Waals surface area contributed by atoms with E-state index < -0.39 is 5.82 Å². The lowest BCUT2D eigenvalue weighted by molar-refractivity contribution is -0.117. The molecule has 1 aromatic rings. The molecule has 0 spiro atoms. The van der Waals surface area contributed by atoms with Crippen molar-refractivity contribution in [2.45, 2.75) is 47.1 Å². The summed E-state index contributed by atoms with van der Waals surface area (Å²) in [6.07, 6.45) is 1.99. The number of hydrogen-bond donors (Lipinski definition) is 3. The average molecular weight is 418 g/mol. The van der Waals surface area contributed by atoms with Gasteiger partial charge >= 0.3 is 0 Å². The van der Waals surface area contributed by atoms with E-state index in [1.165, 1.54) is 19.2 Å². The first-order chi connectivity index (χ1) is 13.8. The van der Waals surface area contributed by atoms with Gasteiger partial charge in [-0.05, 0) is 61.4 Å². The molecule has 7 heteroatoms. The van der Waals surface area contributed by atoms with Crippen LogP contribution in [0, 0.1) is 22.6 Å². The van der Waals surface area contributed by atoms with Crippen molar-refractivity contribution < 1.29 is 13.9 Å². The first-order valence-electron chi connectivity index (χ1n) is 9.71. The summed E-state index contributed by atoms with van der Waals surface area (Å²) in [5.74, 6) is -0.283. The summed E-state index contributed by atoms with van der Waals surface area (Å²) in [7, 11) is 1.40. The fourth-order valence-corrected chi connectivity index (χ4v) is 4.13. The lowest BCUT2D eigenvalue weighted by atomic mass is 9.95. The molecule has 5 nitrogen and oxygen atoms in total. The Morgan fingerprint density at radius 2 is 1.97 bits per heavy atom. The zero-order valence-corrected chi connectivity index (χ0v) is 18.3. The van der Waals surface area contributed by atoms with Crippen molar-refractivity contribution >= 4 is 28.4 Å². The fourth-order valence-electron chi connectivity index (χ4n) is 3.02. The van der Waals surface area contributed by atoms with Crippen molar-refractivity contribution in [3.8, 4) is 5.75 Å². The molecule has 1 aliphatic heterocycles. The molecule has 29 heavy (non-hydrogen) atoms. The lowest BCUT2D eigenvalue weighted by Gasteiger charge is -2.10. The van der Waals surface area contributed by atoms with Gasteiger partial charge in [0, 0.05) is 17.8 Å². The summed E-state index contributed by atoms with van der Waals surface area (Å²) < 4.78 is 18.7. The number of thioether (sulfide) groups is 1. The first kappa shape index (κ1) is 22.9. The molecule has 1 amide bonds. The van der Waals surface area contributed by atoms with Gasteiger partial charge in [0.25, 0.3) is 5.91 Å². The molecule has 2 aliphatic rings. The molecule has 0 saturated heterocycles. The zero-order valence-electron chi connectivity index (χ0n) is 17.5. The second kappa shape index (κ2) is 9.87. The van der Waals surface area contributed by atoms with E-state index in [-0.39, 0.29) is 24.1 Å². The van der Waals surface area contributed by atoms with Crippen LogP contribution in [-0.4, -0.2) is 23.8 Å².